The number of nitrogens with one attached hydrogen (secondary N) is 1. The van der Waals surface area contributed by atoms with Crippen LogP contribution in [0, 0.1) is 5.92 Å². The smallest absolute Gasteiger partial charge is 0.163 e. The Bertz CT molecular complexity index is 522. The third-order valence-electron chi connectivity index (χ3n) is 5.85. The molecule has 0 radical (unpaired) electrons. The zero-order valence-electron chi connectivity index (χ0n) is 12.7. The molecular weight excluding hydrogens is 258 g/mol. The van der Waals surface area contributed by atoms with Gasteiger partial charge in [0.25, 0.3) is 0 Å². The predicted molar refractivity (Wildman–Crippen MR) is 84.7 cm³/mol. The number of Topliss-reactive ketones (excluding diaryl/α,β-unsaturated/α-hetero) is 1. The first-order chi connectivity index (χ1) is 10.3. The van der Waals surface area contributed by atoms with Crippen molar-refractivity contribution in [3.63, 3.8) is 0 Å². The summed E-state index contributed by atoms with van der Waals surface area (Å²) in [7, 11) is 0. The van der Waals surface area contributed by atoms with Crippen molar-refractivity contribution in [1.82, 2.24) is 5.32 Å². The molecule has 4 rings (SSSR count). The lowest BCUT2D eigenvalue weighted by molar-refractivity contribution is 0.0943. The van der Waals surface area contributed by atoms with E-state index in [1.165, 1.54) is 50.5 Å². The lowest BCUT2D eigenvalue weighted by Gasteiger charge is -2.30. The molecule has 2 atom stereocenters. The fourth-order valence-electron chi connectivity index (χ4n) is 4.54. The number of rotatable bonds is 4. The van der Waals surface area contributed by atoms with Crippen molar-refractivity contribution in [1.29, 1.82) is 0 Å². The molecule has 2 heteroatoms. The monoisotopic (exact) mass is 283 g/mol. The molecule has 0 amide bonds. The van der Waals surface area contributed by atoms with Gasteiger partial charge in [-0.1, -0.05) is 30.7 Å². The quantitative estimate of drug-likeness (QED) is 0.844. The molecule has 21 heavy (non-hydrogen) atoms. The van der Waals surface area contributed by atoms with Gasteiger partial charge in [-0.25, -0.2) is 0 Å². The van der Waals surface area contributed by atoms with Crippen LogP contribution < -0.4 is 5.32 Å². The molecule has 1 aromatic carbocycles. The highest BCUT2D eigenvalue weighted by molar-refractivity contribution is 5.97. The van der Waals surface area contributed by atoms with Gasteiger partial charge in [-0.05, 0) is 55.9 Å². The molecule has 3 aliphatic rings. The molecule has 1 saturated carbocycles. The van der Waals surface area contributed by atoms with Crippen LogP contribution in [-0.4, -0.2) is 17.9 Å². The second kappa shape index (κ2) is 5.57. The predicted octanol–water partition coefficient (Wildman–Crippen LogP) is 4.06. The fourth-order valence-corrected chi connectivity index (χ4v) is 4.54. The summed E-state index contributed by atoms with van der Waals surface area (Å²) >= 11 is 0. The molecule has 2 bridgehead atoms. The standard InChI is InChI=1S/C19H25NO/c21-19(12-13-10-15-8-9-16(11-13)20-15)18-7-2-1-6-17(18)14-4-3-5-14/h1-2,6-7,13-16,20H,3-5,8-12H2. The molecule has 2 saturated heterocycles. The van der Waals surface area contributed by atoms with Crippen LogP contribution in [0.2, 0.25) is 0 Å². The van der Waals surface area contributed by atoms with Gasteiger partial charge in [0, 0.05) is 24.1 Å². The first-order valence-corrected chi connectivity index (χ1v) is 8.68. The summed E-state index contributed by atoms with van der Waals surface area (Å²) in [5.41, 5.74) is 2.35. The van der Waals surface area contributed by atoms with Gasteiger partial charge in [0.2, 0.25) is 0 Å². The maximum atomic E-state index is 12.8. The number of hydrogen-bond donors (Lipinski definition) is 1. The Morgan fingerprint density at radius 2 is 1.76 bits per heavy atom. The number of carbonyl (C=O) groups is 1. The zero-order valence-corrected chi connectivity index (χ0v) is 12.7. The van der Waals surface area contributed by atoms with E-state index in [9.17, 15) is 4.79 Å². The van der Waals surface area contributed by atoms with E-state index in [4.69, 9.17) is 0 Å². The highest BCUT2D eigenvalue weighted by Gasteiger charge is 2.34. The number of carbonyl (C=O) groups excluding carboxylic acids is 1. The molecule has 0 aromatic heterocycles. The minimum absolute atomic E-state index is 0.392. The Labute approximate surface area is 127 Å². The lowest BCUT2D eigenvalue weighted by Crippen LogP contribution is -2.38. The normalized spacial score (nSPS) is 31.9. The topological polar surface area (TPSA) is 29.1 Å². The van der Waals surface area contributed by atoms with Crippen molar-refractivity contribution >= 4 is 5.78 Å². The van der Waals surface area contributed by atoms with Gasteiger partial charge in [0.05, 0.1) is 0 Å². The maximum absolute atomic E-state index is 12.8. The summed E-state index contributed by atoms with van der Waals surface area (Å²) in [6.07, 6.45) is 9.65. The number of ketones is 1. The second-order valence-corrected chi connectivity index (χ2v) is 7.32. The number of fused-ring (bicyclic) bond motifs is 2. The van der Waals surface area contributed by atoms with Crippen LogP contribution in [0.3, 0.4) is 0 Å². The Balaban J connectivity index is 1.47. The van der Waals surface area contributed by atoms with E-state index in [0.29, 0.717) is 29.7 Å². The van der Waals surface area contributed by atoms with Crippen molar-refractivity contribution in [2.24, 2.45) is 5.92 Å². The molecule has 1 aliphatic carbocycles. The maximum Gasteiger partial charge on any atom is 0.163 e. The van der Waals surface area contributed by atoms with Crippen LogP contribution in [-0.2, 0) is 0 Å². The van der Waals surface area contributed by atoms with Crippen molar-refractivity contribution in [2.75, 3.05) is 0 Å². The molecule has 2 nitrogen and oxygen atoms in total. The highest BCUT2D eigenvalue weighted by atomic mass is 16.1. The van der Waals surface area contributed by atoms with E-state index < -0.39 is 0 Å². The summed E-state index contributed by atoms with van der Waals surface area (Å²) in [6, 6.07) is 9.73. The van der Waals surface area contributed by atoms with Gasteiger partial charge in [-0.3, -0.25) is 4.79 Å². The highest BCUT2D eigenvalue weighted by Crippen LogP contribution is 2.39. The fraction of sp³-hybridized carbons (Fsp3) is 0.632. The third-order valence-corrected chi connectivity index (χ3v) is 5.85. The molecule has 2 unspecified atom stereocenters. The van der Waals surface area contributed by atoms with E-state index in [2.05, 4.69) is 23.5 Å². The molecule has 1 N–H and O–H groups in total. The summed E-state index contributed by atoms with van der Waals surface area (Å²) < 4.78 is 0. The Kier molecular flexibility index (Phi) is 3.58. The van der Waals surface area contributed by atoms with Gasteiger partial charge in [-0.15, -0.1) is 0 Å². The molecule has 0 spiro atoms. The van der Waals surface area contributed by atoms with E-state index in [0.717, 1.165) is 12.0 Å². The Hall–Kier alpha value is -1.15. The molecule has 2 aliphatic heterocycles. The first-order valence-electron chi connectivity index (χ1n) is 8.68. The Morgan fingerprint density at radius 3 is 2.43 bits per heavy atom. The summed E-state index contributed by atoms with van der Waals surface area (Å²) in [5.74, 6) is 1.64. The molecular formula is C19H25NO. The van der Waals surface area contributed by atoms with E-state index in [-0.39, 0.29) is 0 Å². The van der Waals surface area contributed by atoms with Gasteiger partial charge >= 0.3 is 0 Å². The largest absolute Gasteiger partial charge is 0.311 e. The number of benzene rings is 1. The summed E-state index contributed by atoms with van der Waals surface area (Å²) in [5, 5.41) is 3.67. The van der Waals surface area contributed by atoms with E-state index in [1.807, 2.05) is 6.07 Å². The minimum Gasteiger partial charge on any atom is -0.311 e. The average Bonchev–Trinajstić information content (AvgIpc) is 2.76. The number of hydrogen-bond acceptors (Lipinski definition) is 2. The van der Waals surface area contributed by atoms with Crippen molar-refractivity contribution in [2.45, 2.75) is 69.4 Å². The van der Waals surface area contributed by atoms with E-state index >= 15 is 0 Å². The number of piperidine rings is 1. The lowest BCUT2D eigenvalue weighted by atomic mass is 9.76. The van der Waals surface area contributed by atoms with Gasteiger partial charge < -0.3 is 5.32 Å². The van der Waals surface area contributed by atoms with Gasteiger partial charge in [0.15, 0.2) is 5.78 Å². The molecule has 112 valence electrons. The first kappa shape index (κ1) is 13.5. The SMILES string of the molecule is O=C(CC1CC2CCC(C1)N2)c1ccccc1C1CCC1. The molecule has 1 aromatic rings. The van der Waals surface area contributed by atoms with Crippen LogP contribution in [0.5, 0.6) is 0 Å². The van der Waals surface area contributed by atoms with Crippen LogP contribution in [0.25, 0.3) is 0 Å². The second-order valence-electron chi connectivity index (χ2n) is 7.32. The Morgan fingerprint density at radius 1 is 1.05 bits per heavy atom. The van der Waals surface area contributed by atoms with Crippen molar-refractivity contribution < 1.29 is 4.79 Å². The minimum atomic E-state index is 0.392. The van der Waals surface area contributed by atoms with Crippen LogP contribution in [0.4, 0.5) is 0 Å². The van der Waals surface area contributed by atoms with E-state index in [1.54, 1.807) is 0 Å². The average molecular weight is 283 g/mol. The molecule has 2 heterocycles. The summed E-state index contributed by atoms with van der Waals surface area (Å²) in [6.45, 7) is 0. The molecule has 3 fully saturated rings. The van der Waals surface area contributed by atoms with Crippen LogP contribution in [0.1, 0.15) is 73.2 Å². The van der Waals surface area contributed by atoms with Crippen LogP contribution >= 0.6 is 0 Å². The van der Waals surface area contributed by atoms with Crippen molar-refractivity contribution in [3.8, 4) is 0 Å². The van der Waals surface area contributed by atoms with Crippen LogP contribution in [0.15, 0.2) is 24.3 Å². The third kappa shape index (κ3) is 2.66. The van der Waals surface area contributed by atoms with Gasteiger partial charge in [0.1, 0.15) is 0 Å². The van der Waals surface area contributed by atoms with Gasteiger partial charge in [-0.2, -0.15) is 0 Å². The zero-order chi connectivity index (χ0) is 14.2. The van der Waals surface area contributed by atoms with Crippen molar-refractivity contribution in [3.05, 3.63) is 35.4 Å². The summed E-state index contributed by atoms with van der Waals surface area (Å²) in [4.78, 5) is 12.8.